The molecule has 0 unspecified atom stereocenters. The number of hydrogen-bond donors (Lipinski definition) is 2. The number of aliphatic hydroxyl groups excluding tert-OH is 1. The first-order valence-electron chi connectivity index (χ1n) is 5.92. The number of nitrogens with one attached hydrogen (secondary N) is 1. The van der Waals surface area contributed by atoms with Gasteiger partial charge in [-0.05, 0) is 26.0 Å². The third-order valence-electron chi connectivity index (χ3n) is 2.71. The first-order chi connectivity index (χ1) is 9.63. The lowest BCUT2D eigenvalue weighted by atomic mass is 10.2. The third kappa shape index (κ3) is 2.84. The number of hydrogen-bond acceptors (Lipinski definition) is 5. The molecule has 0 spiro atoms. The van der Waals surface area contributed by atoms with Crippen LogP contribution < -0.4 is 5.32 Å². The van der Waals surface area contributed by atoms with Crippen LogP contribution in [0, 0.1) is 25.7 Å². The number of aryl methyl sites for hydroxylation is 1. The average Bonchev–Trinajstić information content (AvgIpc) is 2.77. The highest BCUT2D eigenvalue weighted by Crippen LogP contribution is 2.18. The van der Waals surface area contributed by atoms with Gasteiger partial charge in [0.15, 0.2) is 0 Å². The van der Waals surface area contributed by atoms with Gasteiger partial charge >= 0.3 is 0 Å². The Kier molecular flexibility index (Phi) is 4.13. The summed E-state index contributed by atoms with van der Waals surface area (Å²) in [5.41, 5.74) is 2.08. The minimum Gasteiger partial charge on any atom is -0.384 e. The fourth-order valence-corrected chi connectivity index (χ4v) is 1.52. The molecular weight excluding hydrogens is 258 g/mol. The van der Waals surface area contributed by atoms with Crippen molar-refractivity contribution >= 4 is 11.8 Å². The molecule has 6 nitrogen and oxygen atoms in total. The van der Waals surface area contributed by atoms with Crippen LogP contribution in [0.2, 0.25) is 0 Å². The summed E-state index contributed by atoms with van der Waals surface area (Å²) in [4.78, 5) is 16.2. The Morgan fingerprint density at radius 2 is 2.30 bits per heavy atom. The molecule has 2 aromatic rings. The van der Waals surface area contributed by atoms with Crippen LogP contribution >= 0.6 is 0 Å². The first kappa shape index (κ1) is 13.8. The molecule has 0 fully saturated rings. The van der Waals surface area contributed by atoms with E-state index < -0.39 is 5.91 Å². The van der Waals surface area contributed by atoms with Crippen LogP contribution in [0.5, 0.6) is 0 Å². The lowest BCUT2D eigenvalue weighted by molar-refractivity contribution is 0.101. The molecule has 0 aliphatic heterocycles. The van der Waals surface area contributed by atoms with Gasteiger partial charge in [-0.15, -0.1) is 0 Å². The van der Waals surface area contributed by atoms with E-state index in [2.05, 4.69) is 27.3 Å². The van der Waals surface area contributed by atoms with Crippen molar-refractivity contribution in [3.63, 3.8) is 0 Å². The van der Waals surface area contributed by atoms with E-state index in [1.165, 1.54) is 6.20 Å². The Morgan fingerprint density at radius 1 is 1.50 bits per heavy atom. The number of pyridine rings is 1. The molecule has 0 aliphatic rings. The van der Waals surface area contributed by atoms with E-state index in [1.54, 1.807) is 26.0 Å². The molecule has 2 N–H and O–H groups in total. The number of carbonyl (C=O) groups is 1. The number of carbonyl (C=O) groups excluding carboxylic acids is 1. The summed E-state index contributed by atoms with van der Waals surface area (Å²) in [5, 5.41) is 15.1. The SMILES string of the molecule is Cc1noc(NC(=O)c2ncccc2C#CCO)c1C. The highest BCUT2D eigenvalue weighted by Gasteiger charge is 2.16. The summed E-state index contributed by atoms with van der Waals surface area (Å²) >= 11 is 0. The highest BCUT2D eigenvalue weighted by atomic mass is 16.5. The Labute approximate surface area is 115 Å². The molecule has 2 heterocycles. The maximum Gasteiger partial charge on any atom is 0.277 e. The molecule has 0 radical (unpaired) electrons. The van der Waals surface area contributed by atoms with Crippen LogP contribution in [0.3, 0.4) is 0 Å². The number of anilines is 1. The molecule has 0 aliphatic carbocycles. The van der Waals surface area contributed by atoms with Crippen molar-refractivity contribution in [2.75, 3.05) is 11.9 Å². The van der Waals surface area contributed by atoms with Crippen molar-refractivity contribution in [2.24, 2.45) is 0 Å². The Morgan fingerprint density at radius 3 is 2.95 bits per heavy atom. The van der Waals surface area contributed by atoms with Gasteiger partial charge in [0.05, 0.1) is 11.3 Å². The van der Waals surface area contributed by atoms with E-state index in [1.807, 2.05) is 0 Å². The van der Waals surface area contributed by atoms with Gasteiger partial charge in [-0.25, -0.2) is 4.98 Å². The van der Waals surface area contributed by atoms with Crippen LogP contribution in [0.4, 0.5) is 5.88 Å². The van der Waals surface area contributed by atoms with Crippen molar-refractivity contribution in [2.45, 2.75) is 13.8 Å². The minimum atomic E-state index is -0.438. The summed E-state index contributed by atoms with van der Waals surface area (Å²) in [5.74, 6) is 5.02. The smallest absolute Gasteiger partial charge is 0.277 e. The van der Waals surface area contributed by atoms with Gasteiger partial charge in [-0.1, -0.05) is 17.0 Å². The van der Waals surface area contributed by atoms with E-state index in [-0.39, 0.29) is 12.3 Å². The van der Waals surface area contributed by atoms with Crippen LogP contribution in [0.25, 0.3) is 0 Å². The monoisotopic (exact) mass is 271 g/mol. The topological polar surface area (TPSA) is 88.3 Å². The lowest BCUT2D eigenvalue weighted by Crippen LogP contribution is -2.15. The molecule has 2 aromatic heterocycles. The normalized spacial score (nSPS) is 9.75. The Hall–Kier alpha value is -2.65. The summed E-state index contributed by atoms with van der Waals surface area (Å²) in [6.07, 6.45) is 1.50. The van der Waals surface area contributed by atoms with Crippen molar-refractivity contribution < 1.29 is 14.4 Å². The van der Waals surface area contributed by atoms with Crippen LogP contribution in [0.15, 0.2) is 22.9 Å². The third-order valence-corrected chi connectivity index (χ3v) is 2.71. The number of aromatic nitrogens is 2. The van der Waals surface area contributed by atoms with E-state index in [0.29, 0.717) is 17.1 Å². The van der Waals surface area contributed by atoms with E-state index in [0.717, 1.165) is 5.56 Å². The van der Waals surface area contributed by atoms with Crippen LogP contribution in [0.1, 0.15) is 27.3 Å². The number of amides is 1. The van der Waals surface area contributed by atoms with Crippen molar-refractivity contribution in [1.29, 1.82) is 0 Å². The molecule has 6 heteroatoms. The molecular formula is C14H13N3O3. The maximum atomic E-state index is 12.2. The zero-order valence-electron chi connectivity index (χ0n) is 11.1. The van der Waals surface area contributed by atoms with Gasteiger partial charge in [0.25, 0.3) is 5.91 Å². The van der Waals surface area contributed by atoms with Gasteiger partial charge in [0.1, 0.15) is 12.3 Å². The van der Waals surface area contributed by atoms with Gasteiger partial charge in [0, 0.05) is 11.8 Å². The predicted molar refractivity (Wildman–Crippen MR) is 72.1 cm³/mol. The summed E-state index contributed by atoms with van der Waals surface area (Å²) in [6.45, 7) is 3.30. The fraction of sp³-hybridized carbons (Fsp3) is 0.214. The molecule has 0 saturated heterocycles. The zero-order valence-corrected chi connectivity index (χ0v) is 11.1. The average molecular weight is 271 g/mol. The summed E-state index contributed by atoms with van der Waals surface area (Å²) < 4.78 is 5.02. The van der Waals surface area contributed by atoms with Gasteiger partial charge in [0.2, 0.25) is 5.88 Å². The van der Waals surface area contributed by atoms with Crippen LogP contribution in [-0.4, -0.2) is 27.8 Å². The number of nitrogens with zero attached hydrogens (tertiary/aromatic N) is 2. The fourth-order valence-electron chi connectivity index (χ4n) is 1.52. The van der Waals surface area contributed by atoms with E-state index >= 15 is 0 Å². The second kappa shape index (κ2) is 5.99. The quantitative estimate of drug-likeness (QED) is 0.803. The molecule has 1 amide bonds. The van der Waals surface area contributed by atoms with Gasteiger partial charge < -0.3 is 9.63 Å². The first-order valence-corrected chi connectivity index (χ1v) is 5.92. The van der Waals surface area contributed by atoms with E-state index in [4.69, 9.17) is 9.63 Å². The molecule has 0 bridgehead atoms. The standard InChI is InChI=1S/C14H13N3O3/c1-9-10(2)17-20-14(9)16-13(19)12-11(6-4-8-18)5-3-7-15-12/h3,5,7,18H,8H2,1-2H3,(H,16,19). The second-order valence-electron chi connectivity index (χ2n) is 4.04. The predicted octanol–water partition coefficient (Wildman–Crippen LogP) is 1.28. The maximum absolute atomic E-state index is 12.2. The summed E-state index contributed by atoms with van der Waals surface area (Å²) in [6, 6.07) is 3.32. The molecule has 0 saturated carbocycles. The number of aliphatic hydroxyl groups is 1. The Bertz CT molecular complexity index is 695. The molecule has 0 aromatic carbocycles. The molecule has 0 atom stereocenters. The highest BCUT2D eigenvalue weighted by molar-refractivity contribution is 6.04. The zero-order chi connectivity index (χ0) is 14.5. The summed E-state index contributed by atoms with van der Waals surface area (Å²) in [7, 11) is 0. The van der Waals surface area contributed by atoms with E-state index in [9.17, 15) is 4.79 Å². The van der Waals surface area contributed by atoms with Crippen LogP contribution in [-0.2, 0) is 0 Å². The van der Waals surface area contributed by atoms with Crippen molar-refractivity contribution in [3.8, 4) is 11.8 Å². The molecule has 20 heavy (non-hydrogen) atoms. The molecule has 102 valence electrons. The lowest BCUT2D eigenvalue weighted by Gasteiger charge is -2.03. The van der Waals surface area contributed by atoms with Gasteiger partial charge in [-0.3, -0.25) is 10.1 Å². The number of rotatable bonds is 2. The minimum absolute atomic E-state index is 0.168. The Balaban J connectivity index is 2.28. The second-order valence-corrected chi connectivity index (χ2v) is 4.04. The van der Waals surface area contributed by atoms with Crippen molar-refractivity contribution in [3.05, 3.63) is 40.8 Å². The van der Waals surface area contributed by atoms with Crippen molar-refractivity contribution in [1.82, 2.24) is 10.1 Å². The largest absolute Gasteiger partial charge is 0.384 e. The van der Waals surface area contributed by atoms with Gasteiger partial charge in [-0.2, -0.15) is 0 Å². The molecule has 2 rings (SSSR count).